The predicted octanol–water partition coefficient (Wildman–Crippen LogP) is 4.22. The molecule has 1 N–H and O–H groups in total. The monoisotopic (exact) mass is 351 g/mol. The molecule has 0 saturated heterocycles. The van der Waals surface area contributed by atoms with Gasteiger partial charge in [-0.05, 0) is 68.3 Å². The molecule has 0 fully saturated rings. The highest BCUT2D eigenvalue weighted by Crippen LogP contribution is 2.37. The highest BCUT2D eigenvalue weighted by molar-refractivity contribution is 5.95. The van der Waals surface area contributed by atoms with Crippen molar-refractivity contribution in [2.75, 3.05) is 11.9 Å². The summed E-state index contributed by atoms with van der Waals surface area (Å²) in [5, 5.41) is 4.01. The molecule has 5 heteroatoms. The zero-order valence-electron chi connectivity index (χ0n) is 15.4. The van der Waals surface area contributed by atoms with E-state index in [0.717, 1.165) is 11.1 Å². The average Bonchev–Trinajstić information content (AvgIpc) is 2.60. The number of benzene rings is 2. The summed E-state index contributed by atoms with van der Waals surface area (Å²) in [4.78, 5) is 14.2. The molecule has 4 nitrogen and oxygen atoms in total. The Balaban J connectivity index is 1.75. The van der Waals surface area contributed by atoms with Crippen LogP contribution in [0.15, 0.2) is 53.6 Å². The number of likely N-dealkylation sites (N-methyl/N-ethyl adjacent to an activating group) is 1. The number of halogens is 1. The molecule has 0 atom stereocenters. The van der Waals surface area contributed by atoms with Crippen molar-refractivity contribution in [1.82, 2.24) is 5.43 Å². The second kappa shape index (κ2) is 6.75. The SMILES string of the molecule is CC1=CC(C)(C)N(C)c2ccc(/C=N/NC(=O)c3ccc(F)cc3)cc21. The third-order valence-corrected chi connectivity index (χ3v) is 4.73. The van der Waals surface area contributed by atoms with Gasteiger partial charge in [-0.3, -0.25) is 4.79 Å². The van der Waals surface area contributed by atoms with Gasteiger partial charge in [-0.2, -0.15) is 5.10 Å². The lowest BCUT2D eigenvalue weighted by Gasteiger charge is -2.40. The maximum absolute atomic E-state index is 12.9. The van der Waals surface area contributed by atoms with E-state index in [2.05, 4.69) is 61.5 Å². The molecule has 1 heterocycles. The number of nitrogens with zero attached hydrogens (tertiary/aromatic N) is 2. The molecule has 0 spiro atoms. The standard InChI is InChI=1S/C21H22FN3O/c1-14-12-21(2,3)25(4)19-10-5-15(11-18(14)19)13-23-24-20(26)16-6-8-17(22)9-7-16/h5-13H,1-4H3,(H,24,26)/b23-13+. The lowest BCUT2D eigenvalue weighted by molar-refractivity contribution is 0.0955. The molecule has 2 aromatic carbocycles. The molecule has 0 saturated carbocycles. The van der Waals surface area contributed by atoms with E-state index in [0.29, 0.717) is 5.56 Å². The van der Waals surface area contributed by atoms with Crippen molar-refractivity contribution in [3.63, 3.8) is 0 Å². The number of allylic oxidation sites excluding steroid dienone is 1. The number of nitrogens with one attached hydrogen (secondary N) is 1. The van der Waals surface area contributed by atoms with E-state index in [1.807, 2.05) is 6.07 Å². The first-order valence-electron chi connectivity index (χ1n) is 8.44. The number of hydrazone groups is 1. The summed E-state index contributed by atoms with van der Waals surface area (Å²) >= 11 is 0. The highest BCUT2D eigenvalue weighted by Gasteiger charge is 2.28. The van der Waals surface area contributed by atoms with Crippen LogP contribution in [0.4, 0.5) is 10.1 Å². The number of hydrogen-bond acceptors (Lipinski definition) is 3. The first kappa shape index (κ1) is 17.9. The highest BCUT2D eigenvalue weighted by atomic mass is 19.1. The van der Waals surface area contributed by atoms with Crippen LogP contribution < -0.4 is 10.3 Å². The average molecular weight is 351 g/mol. The number of hydrogen-bond donors (Lipinski definition) is 1. The number of fused-ring (bicyclic) bond motifs is 1. The van der Waals surface area contributed by atoms with Crippen LogP contribution >= 0.6 is 0 Å². The fraction of sp³-hybridized carbons (Fsp3) is 0.238. The number of rotatable bonds is 3. The van der Waals surface area contributed by atoms with Crippen LogP contribution in [0.25, 0.3) is 5.57 Å². The van der Waals surface area contributed by atoms with Gasteiger partial charge in [0, 0.05) is 23.9 Å². The Morgan fingerprint density at radius 1 is 1.19 bits per heavy atom. The van der Waals surface area contributed by atoms with E-state index in [-0.39, 0.29) is 17.3 Å². The van der Waals surface area contributed by atoms with E-state index in [4.69, 9.17) is 0 Å². The Hall–Kier alpha value is -2.95. The summed E-state index contributed by atoms with van der Waals surface area (Å²) in [5.74, 6) is -0.757. The molecule has 2 aromatic rings. The minimum absolute atomic E-state index is 0.0319. The van der Waals surface area contributed by atoms with Gasteiger partial charge in [-0.25, -0.2) is 9.82 Å². The van der Waals surface area contributed by atoms with Crippen LogP contribution in [0.5, 0.6) is 0 Å². The second-order valence-electron chi connectivity index (χ2n) is 7.02. The van der Waals surface area contributed by atoms with Gasteiger partial charge in [0.05, 0.1) is 11.8 Å². The van der Waals surface area contributed by atoms with Crippen LogP contribution in [0.1, 0.15) is 42.3 Å². The Kier molecular flexibility index (Phi) is 4.64. The van der Waals surface area contributed by atoms with Crippen LogP contribution in [0.2, 0.25) is 0 Å². The molecule has 0 aromatic heterocycles. The van der Waals surface area contributed by atoms with Gasteiger partial charge in [0.2, 0.25) is 0 Å². The van der Waals surface area contributed by atoms with Crippen LogP contribution in [-0.2, 0) is 0 Å². The van der Waals surface area contributed by atoms with Crippen LogP contribution in [0.3, 0.4) is 0 Å². The molecule has 0 aliphatic carbocycles. The molecule has 0 unspecified atom stereocenters. The fourth-order valence-electron chi connectivity index (χ4n) is 3.09. The number of carbonyl (C=O) groups is 1. The van der Waals surface area contributed by atoms with Crippen molar-refractivity contribution >= 4 is 23.4 Å². The van der Waals surface area contributed by atoms with Gasteiger partial charge >= 0.3 is 0 Å². The molecule has 134 valence electrons. The van der Waals surface area contributed by atoms with Gasteiger partial charge in [0.15, 0.2) is 0 Å². The predicted molar refractivity (Wildman–Crippen MR) is 104 cm³/mol. The molecular weight excluding hydrogens is 329 g/mol. The number of carbonyl (C=O) groups excluding carboxylic acids is 1. The Morgan fingerprint density at radius 2 is 1.88 bits per heavy atom. The van der Waals surface area contributed by atoms with E-state index in [1.165, 1.54) is 35.5 Å². The molecule has 0 bridgehead atoms. The van der Waals surface area contributed by atoms with E-state index < -0.39 is 0 Å². The summed E-state index contributed by atoms with van der Waals surface area (Å²) in [5.41, 5.74) is 7.22. The minimum atomic E-state index is -0.379. The summed E-state index contributed by atoms with van der Waals surface area (Å²) in [6.07, 6.45) is 3.85. The first-order valence-corrected chi connectivity index (χ1v) is 8.44. The van der Waals surface area contributed by atoms with E-state index >= 15 is 0 Å². The lowest BCUT2D eigenvalue weighted by Crippen LogP contribution is -2.42. The Morgan fingerprint density at radius 3 is 2.58 bits per heavy atom. The van der Waals surface area contributed by atoms with Gasteiger partial charge in [0.1, 0.15) is 5.82 Å². The van der Waals surface area contributed by atoms with Crippen molar-refractivity contribution in [2.45, 2.75) is 26.3 Å². The molecule has 0 radical (unpaired) electrons. The zero-order chi connectivity index (χ0) is 18.9. The maximum Gasteiger partial charge on any atom is 0.271 e. The Bertz CT molecular complexity index is 898. The number of amides is 1. The fourth-order valence-corrected chi connectivity index (χ4v) is 3.09. The van der Waals surface area contributed by atoms with Gasteiger partial charge in [0.25, 0.3) is 5.91 Å². The van der Waals surface area contributed by atoms with Crippen molar-refractivity contribution in [3.05, 3.63) is 71.0 Å². The second-order valence-corrected chi connectivity index (χ2v) is 7.02. The minimum Gasteiger partial charge on any atom is -0.366 e. The van der Waals surface area contributed by atoms with Gasteiger partial charge in [-0.15, -0.1) is 0 Å². The molecule has 1 aliphatic rings. The van der Waals surface area contributed by atoms with Crippen molar-refractivity contribution in [3.8, 4) is 0 Å². The normalized spacial score (nSPS) is 15.6. The Labute approximate surface area is 153 Å². The van der Waals surface area contributed by atoms with Crippen molar-refractivity contribution in [2.24, 2.45) is 5.10 Å². The van der Waals surface area contributed by atoms with Gasteiger partial charge < -0.3 is 4.90 Å². The van der Waals surface area contributed by atoms with E-state index in [9.17, 15) is 9.18 Å². The molecule has 1 amide bonds. The first-order chi connectivity index (χ1) is 12.3. The lowest BCUT2D eigenvalue weighted by atomic mass is 9.89. The maximum atomic E-state index is 12.9. The summed E-state index contributed by atoms with van der Waals surface area (Å²) < 4.78 is 12.9. The largest absolute Gasteiger partial charge is 0.366 e. The summed E-state index contributed by atoms with van der Waals surface area (Å²) in [6.45, 7) is 6.46. The smallest absolute Gasteiger partial charge is 0.271 e. The van der Waals surface area contributed by atoms with E-state index in [1.54, 1.807) is 6.21 Å². The topological polar surface area (TPSA) is 44.7 Å². The number of anilines is 1. The molecule has 1 aliphatic heterocycles. The third-order valence-electron chi connectivity index (χ3n) is 4.73. The molecule has 3 rings (SSSR count). The molecular formula is C21H22FN3O. The zero-order valence-corrected chi connectivity index (χ0v) is 15.4. The molecule has 26 heavy (non-hydrogen) atoms. The van der Waals surface area contributed by atoms with Crippen molar-refractivity contribution in [1.29, 1.82) is 0 Å². The summed E-state index contributed by atoms with van der Waals surface area (Å²) in [6, 6.07) is 11.4. The summed E-state index contributed by atoms with van der Waals surface area (Å²) in [7, 11) is 2.08. The van der Waals surface area contributed by atoms with Crippen LogP contribution in [-0.4, -0.2) is 24.7 Å². The van der Waals surface area contributed by atoms with Gasteiger partial charge in [-0.1, -0.05) is 12.1 Å². The quantitative estimate of drug-likeness (QED) is 0.665. The van der Waals surface area contributed by atoms with Crippen LogP contribution in [0, 0.1) is 5.82 Å². The van der Waals surface area contributed by atoms with Crippen molar-refractivity contribution < 1.29 is 9.18 Å². The third kappa shape index (κ3) is 3.52.